The first-order valence-corrected chi connectivity index (χ1v) is 7.54. The summed E-state index contributed by atoms with van der Waals surface area (Å²) in [4.78, 5) is 47.2. The molecule has 11 heteroatoms. The number of non-ortho nitro benzene ring substituents is 1. The number of hydrogen-bond donors (Lipinski definition) is 2. The second-order valence-corrected chi connectivity index (χ2v) is 5.78. The predicted octanol–water partition coefficient (Wildman–Crippen LogP) is 0.223. The van der Waals surface area contributed by atoms with Crippen LogP contribution in [0.25, 0.3) is 0 Å². The summed E-state index contributed by atoms with van der Waals surface area (Å²) in [6.07, 6.45) is -0.660. The lowest BCUT2D eigenvalue weighted by molar-refractivity contribution is -0.384. The quantitative estimate of drug-likeness (QED) is 0.242. The number of nitrogens with one attached hydrogen (secondary N) is 2. The van der Waals surface area contributed by atoms with Crippen molar-refractivity contribution in [3.8, 4) is 6.07 Å². The number of amides is 1. The SMILES string of the molecule is COC(=O)C1(CC(=O)c2cccc([N+](=O)[O-])c2)NC(=S)NC(=O)C1C#N. The van der Waals surface area contributed by atoms with Crippen LogP contribution in [0.2, 0.25) is 0 Å². The van der Waals surface area contributed by atoms with E-state index >= 15 is 0 Å². The highest BCUT2D eigenvalue weighted by molar-refractivity contribution is 7.80. The van der Waals surface area contributed by atoms with Crippen molar-refractivity contribution in [2.45, 2.75) is 12.0 Å². The highest BCUT2D eigenvalue weighted by Crippen LogP contribution is 2.29. The van der Waals surface area contributed by atoms with Gasteiger partial charge in [0.2, 0.25) is 5.91 Å². The lowest BCUT2D eigenvalue weighted by Crippen LogP contribution is -2.70. The highest BCUT2D eigenvalue weighted by atomic mass is 32.1. The number of carbonyl (C=O) groups excluding carboxylic acids is 3. The van der Waals surface area contributed by atoms with E-state index in [1.165, 1.54) is 18.2 Å². The van der Waals surface area contributed by atoms with E-state index in [4.69, 9.17) is 12.2 Å². The molecule has 0 spiro atoms. The number of benzene rings is 1. The number of ketones is 1. The van der Waals surface area contributed by atoms with E-state index in [9.17, 15) is 29.8 Å². The third-order valence-electron chi connectivity index (χ3n) is 3.83. The van der Waals surface area contributed by atoms with Crippen LogP contribution in [0.5, 0.6) is 0 Å². The van der Waals surface area contributed by atoms with Crippen LogP contribution in [0.15, 0.2) is 24.3 Å². The number of rotatable bonds is 5. The van der Waals surface area contributed by atoms with Crippen molar-refractivity contribution in [1.82, 2.24) is 10.6 Å². The highest BCUT2D eigenvalue weighted by Gasteiger charge is 2.55. The number of methoxy groups -OCH3 is 1. The maximum absolute atomic E-state index is 12.6. The van der Waals surface area contributed by atoms with Gasteiger partial charge in [-0.2, -0.15) is 5.26 Å². The van der Waals surface area contributed by atoms with Gasteiger partial charge in [0, 0.05) is 24.1 Å². The first kappa shape index (κ1) is 18.9. The second kappa shape index (κ2) is 7.24. The van der Waals surface area contributed by atoms with Gasteiger partial charge in [-0.05, 0) is 12.2 Å². The fourth-order valence-corrected chi connectivity index (χ4v) is 2.88. The van der Waals surface area contributed by atoms with Crippen LogP contribution < -0.4 is 10.6 Å². The Hall–Kier alpha value is -3.39. The van der Waals surface area contributed by atoms with E-state index in [1.807, 2.05) is 0 Å². The molecule has 26 heavy (non-hydrogen) atoms. The number of hydrogen-bond acceptors (Lipinski definition) is 8. The van der Waals surface area contributed by atoms with Crippen molar-refractivity contribution in [2.75, 3.05) is 7.11 Å². The Morgan fingerprint density at radius 2 is 2.19 bits per heavy atom. The zero-order valence-electron chi connectivity index (χ0n) is 13.3. The van der Waals surface area contributed by atoms with Crippen molar-refractivity contribution in [3.05, 3.63) is 39.9 Å². The summed E-state index contributed by atoms with van der Waals surface area (Å²) in [6, 6.07) is 6.54. The largest absolute Gasteiger partial charge is 0.467 e. The molecule has 1 fully saturated rings. The van der Waals surface area contributed by atoms with Crippen LogP contribution >= 0.6 is 12.2 Å². The maximum atomic E-state index is 12.6. The van der Waals surface area contributed by atoms with Crippen molar-refractivity contribution in [2.24, 2.45) is 5.92 Å². The monoisotopic (exact) mass is 376 g/mol. The molecule has 1 aliphatic rings. The zero-order chi connectivity index (χ0) is 19.5. The number of nitrogens with zero attached hydrogens (tertiary/aromatic N) is 2. The first-order valence-electron chi connectivity index (χ1n) is 7.14. The Morgan fingerprint density at radius 3 is 2.77 bits per heavy atom. The van der Waals surface area contributed by atoms with Gasteiger partial charge in [-0.15, -0.1) is 0 Å². The minimum absolute atomic E-state index is 0.0575. The van der Waals surface area contributed by atoms with Gasteiger partial charge in [-0.1, -0.05) is 12.1 Å². The van der Waals surface area contributed by atoms with E-state index in [0.717, 1.165) is 13.2 Å². The Kier molecular flexibility index (Phi) is 5.27. The number of Topliss-reactive ketones (excluding diaryl/α,β-unsaturated/α-hetero) is 1. The molecule has 0 aromatic heterocycles. The van der Waals surface area contributed by atoms with Crippen LogP contribution in [0.3, 0.4) is 0 Å². The van der Waals surface area contributed by atoms with E-state index < -0.39 is 40.5 Å². The lowest BCUT2D eigenvalue weighted by atomic mass is 9.77. The summed E-state index contributed by atoms with van der Waals surface area (Å²) in [6.45, 7) is 0. The summed E-state index contributed by atoms with van der Waals surface area (Å²) >= 11 is 4.86. The third kappa shape index (κ3) is 3.35. The van der Waals surface area contributed by atoms with Crippen LogP contribution in [0.1, 0.15) is 16.8 Å². The molecule has 1 saturated heterocycles. The van der Waals surface area contributed by atoms with Crippen LogP contribution in [-0.2, 0) is 14.3 Å². The average Bonchev–Trinajstić information content (AvgIpc) is 2.60. The molecular weight excluding hydrogens is 364 g/mol. The average molecular weight is 376 g/mol. The first-order chi connectivity index (χ1) is 12.2. The molecule has 1 aromatic carbocycles. The lowest BCUT2D eigenvalue weighted by Gasteiger charge is -2.38. The van der Waals surface area contributed by atoms with Gasteiger partial charge >= 0.3 is 5.97 Å². The van der Waals surface area contributed by atoms with E-state index in [-0.39, 0.29) is 16.4 Å². The van der Waals surface area contributed by atoms with Crippen molar-refractivity contribution < 1.29 is 24.0 Å². The standard InChI is InChI=1S/C15H12N4O6S/c1-25-13(22)15(10(7-16)12(21)17-14(26)18-15)6-11(20)8-3-2-4-9(5-8)19(23)24/h2-5,10H,6H2,1H3,(H2,17,18,21,26). The third-order valence-corrected chi connectivity index (χ3v) is 4.03. The smallest absolute Gasteiger partial charge is 0.334 e. The van der Waals surface area contributed by atoms with Crippen LogP contribution in [0, 0.1) is 27.4 Å². The molecule has 0 bridgehead atoms. The van der Waals surface area contributed by atoms with E-state index in [2.05, 4.69) is 15.4 Å². The molecule has 0 radical (unpaired) electrons. The van der Waals surface area contributed by atoms with Gasteiger partial charge in [-0.3, -0.25) is 19.7 Å². The van der Waals surface area contributed by atoms with Gasteiger partial charge in [0.1, 0.15) is 0 Å². The Morgan fingerprint density at radius 1 is 1.50 bits per heavy atom. The fraction of sp³-hybridized carbons (Fsp3) is 0.267. The summed E-state index contributed by atoms with van der Waals surface area (Å²) in [7, 11) is 1.04. The molecule has 1 aromatic rings. The number of carbonyl (C=O) groups is 3. The molecule has 134 valence electrons. The molecule has 2 rings (SSSR count). The Bertz CT molecular complexity index is 864. The summed E-state index contributed by atoms with van der Waals surface area (Å²) in [5, 5.41) is 24.7. The topological polar surface area (TPSA) is 151 Å². The van der Waals surface area contributed by atoms with Crippen LogP contribution in [0.4, 0.5) is 5.69 Å². The molecule has 2 N–H and O–H groups in total. The fourth-order valence-electron chi connectivity index (χ4n) is 2.60. The minimum Gasteiger partial charge on any atom is -0.467 e. The van der Waals surface area contributed by atoms with E-state index in [1.54, 1.807) is 6.07 Å². The normalized spacial score (nSPS) is 21.8. The van der Waals surface area contributed by atoms with E-state index in [0.29, 0.717) is 0 Å². The molecule has 2 unspecified atom stereocenters. The summed E-state index contributed by atoms with van der Waals surface area (Å²) in [5.74, 6) is -4.18. The summed E-state index contributed by atoms with van der Waals surface area (Å²) < 4.78 is 4.67. The number of ether oxygens (including phenoxy) is 1. The molecule has 0 aliphatic carbocycles. The predicted molar refractivity (Wildman–Crippen MR) is 89.8 cm³/mol. The van der Waals surface area contributed by atoms with Crippen molar-refractivity contribution >= 4 is 40.7 Å². The van der Waals surface area contributed by atoms with Gasteiger partial charge in [-0.25, -0.2) is 4.79 Å². The minimum atomic E-state index is -2.04. The number of esters is 1. The number of thiocarbonyl (C=S) groups is 1. The number of nitriles is 1. The zero-order valence-corrected chi connectivity index (χ0v) is 14.2. The molecule has 10 nitrogen and oxygen atoms in total. The summed E-state index contributed by atoms with van der Waals surface area (Å²) in [5.41, 5.74) is -2.41. The van der Waals surface area contributed by atoms with Gasteiger partial charge in [0.15, 0.2) is 22.4 Å². The molecular formula is C15H12N4O6S. The molecule has 0 saturated carbocycles. The molecule has 1 amide bonds. The van der Waals surface area contributed by atoms with Crippen molar-refractivity contribution in [1.29, 1.82) is 5.26 Å². The Labute approximate surface area is 152 Å². The number of nitro groups is 1. The second-order valence-electron chi connectivity index (χ2n) is 5.38. The molecule has 1 aliphatic heterocycles. The van der Waals surface area contributed by atoms with Gasteiger partial charge in [0.05, 0.1) is 18.1 Å². The van der Waals surface area contributed by atoms with Crippen LogP contribution in [-0.4, -0.2) is 40.3 Å². The van der Waals surface area contributed by atoms with Gasteiger partial charge < -0.3 is 15.4 Å². The molecule has 1 heterocycles. The molecule has 2 atom stereocenters. The van der Waals surface area contributed by atoms with Crippen molar-refractivity contribution in [3.63, 3.8) is 0 Å². The number of nitro benzene ring substituents is 1. The maximum Gasteiger partial charge on any atom is 0.334 e. The Balaban J connectivity index is 2.47. The van der Waals surface area contributed by atoms with Gasteiger partial charge in [0.25, 0.3) is 5.69 Å².